The third-order valence-corrected chi connectivity index (χ3v) is 3.43. The number of hydrogen-bond donors (Lipinski definition) is 2. The standard InChI is InChI=1S/C12H20N4S/c1-4-16-9(3)11(8(2)15-16)7-13-12(17)14-10-5-6-10/h10H,4-7H2,1-3H3,(H2,13,14,17). The van der Waals surface area contributed by atoms with Crippen molar-refractivity contribution in [2.75, 3.05) is 0 Å². The highest BCUT2D eigenvalue weighted by Crippen LogP contribution is 2.18. The molecule has 0 amide bonds. The summed E-state index contributed by atoms with van der Waals surface area (Å²) in [6.07, 6.45) is 2.49. The zero-order chi connectivity index (χ0) is 12.4. The Morgan fingerprint density at radius 2 is 2.18 bits per heavy atom. The van der Waals surface area contributed by atoms with Crippen LogP contribution in [0.4, 0.5) is 0 Å². The third-order valence-electron chi connectivity index (χ3n) is 3.17. The molecule has 94 valence electrons. The molecular formula is C12H20N4S. The maximum absolute atomic E-state index is 5.24. The van der Waals surface area contributed by atoms with Crippen molar-refractivity contribution in [3.05, 3.63) is 17.0 Å². The second kappa shape index (κ2) is 5.04. The van der Waals surface area contributed by atoms with Crippen LogP contribution in [0.5, 0.6) is 0 Å². The summed E-state index contributed by atoms with van der Waals surface area (Å²) in [5, 5.41) is 11.8. The van der Waals surface area contributed by atoms with E-state index in [0.29, 0.717) is 6.04 Å². The summed E-state index contributed by atoms with van der Waals surface area (Å²) in [5.74, 6) is 0. The summed E-state index contributed by atoms with van der Waals surface area (Å²) < 4.78 is 2.03. The highest BCUT2D eigenvalue weighted by Gasteiger charge is 2.21. The molecule has 2 rings (SSSR count). The van der Waals surface area contributed by atoms with Crippen molar-refractivity contribution in [3.8, 4) is 0 Å². The van der Waals surface area contributed by atoms with Crippen LogP contribution in [0.3, 0.4) is 0 Å². The summed E-state index contributed by atoms with van der Waals surface area (Å²) in [6.45, 7) is 7.94. The predicted molar refractivity (Wildman–Crippen MR) is 73.0 cm³/mol. The van der Waals surface area contributed by atoms with Gasteiger partial charge in [0.1, 0.15) is 0 Å². The first-order valence-corrected chi connectivity index (χ1v) is 6.60. The van der Waals surface area contributed by atoms with Crippen LogP contribution in [0, 0.1) is 13.8 Å². The Balaban J connectivity index is 1.93. The van der Waals surface area contributed by atoms with Gasteiger partial charge < -0.3 is 10.6 Å². The van der Waals surface area contributed by atoms with Gasteiger partial charge in [-0.05, 0) is 45.8 Å². The lowest BCUT2D eigenvalue weighted by Crippen LogP contribution is -2.36. The van der Waals surface area contributed by atoms with Crippen molar-refractivity contribution in [3.63, 3.8) is 0 Å². The molecule has 0 radical (unpaired) electrons. The van der Waals surface area contributed by atoms with Gasteiger partial charge in [0, 0.05) is 30.4 Å². The van der Waals surface area contributed by atoms with Gasteiger partial charge in [0.2, 0.25) is 0 Å². The normalized spacial score (nSPS) is 14.8. The molecule has 0 atom stereocenters. The highest BCUT2D eigenvalue weighted by molar-refractivity contribution is 7.80. The van der Waals surface area contributed by atoms with E-state index >= 15 is 0 Å². The number of aryl methyl sites for hydroxylation is 2. The number of nitrogens with zero attached hydrogens (tertiary/aromatic N) is 2. The van der Waals surface area contributed by atoms with E-state index in [1.807, 2.05) is 11.6 Å². The molecule has 17 heavy (non-hydrogen) atoms. The van der Waals surface area contributed by atoms with Crippen LogP contribution in [-0.4, -0.2) is 20.9 Å². The predicted octanol–water partition coefficient (Wildman–Crippen LogP) is 1.65. The minimum Gasteiger partial charge on any atom is -0.360 e. The summed E-state index contributed by atoms with van der Waals surface area (Å²) >= 11 is 5.24. The first kappa shape index (κ1) is 12.4. The highest BCUT2D eigenvalue weighted by atomic mass is 32.1. The zero-order valence-electron chi connectivity index (χ0n) is 10.7. The van der Waals surface area contributed by atoms with Gasteiger partial charge in [0.15, 0.2) is 5.11 Å². The van der Waals surface area contributed by atoms with Crippen molar-refractivity contribution in [2.24, 2.45) is 0 Å². The summed E-state index contributed by atoms with van der Waals surface area (Å²) in [4.78, 5) is 0. The van der Waals surface area contributed by atoms with Crippen molar-refractivity contribution in [1.82, 2.24) is 20.4 Å². The van der Waals surface area contributed by atoms with Gasteiger partial charge in [-0.2, -0.15) is 5.10 Å². The Morgan fingerprint density at radius 3 is 2.71 bits per heavy atom. The van der Waals surface area contributed by atoms with Crippen molar-refractivity contribution in [1.29, 1.82) is 0 Å². The Morgan fingerprint density at radius 1 is 1.47 bits per heavy atom. The molecule has 1 saturated carbocycles. The van der Waals surface area contributed by atoms with E-state index in [2.05, 4.69) is 29.6 Å². The average Bonchev–Trinajstić information content (AvgIpc) is 3.04. The first-order chi connectivity index (χ1) is 8.11. The average molecular weight is 252 g/mol. The van der Waals surface area contributed by atoms with Crippen LogP contribution >= 0.6 is 12.2 Å². The van der Waals surface area contributed by atoms with Crippen LogP contribution in [0.15, 0.2) is 0 Å². The molecule has 0 aromatic carbocycles. The lowest BCUT2D eigenvalue weighted by atomic mass is 10.2. The van der Waals surface area contributed by atoms with E-state index in [1.165, 1.54) is 24.1 Å². The SMILES string of the molecule is CCn1nc(C)c(CNC(=S)NC2CC2)c1C. The van der Waals surface area contributed by atoms with E-state index in [1.54, 1.807) is 0 Å². The Labute approximate surface area is 108 Å². The van der Waals surface area contributed by atoms with Crippen LogP contribution in [0.25, 0.3) is 0 Å². The molecule has 5 heteroatoms. The van der Waals surface area contributed by atoms with Crippen molar-refractivity contribution < 1.29 is 0 Å². The van der Waals surface area contributed by atoms with Gasteiger partial charge in [0.05, 0.1) is 5.69 Å². The molecule has 2 N–H and O–H groups in total. The number of aromatic nitrogens is 2. The summed E-state index contributed by atoms with van der Waals surface area (Å²) in [5.41, 5.74) is 3.57. The van der Waals surface area contributed by atoms with Crippen LogP contribution in [0.2, 0.25) is 0 Å². The molecule has 1 aromatic rings. The largest absolute Gasteiger partial charge is 0.360 e. The molecule has 0 aliphatic heterocycles. The maximum atomic E-state index is 5.24. The molecule has 1 heterocycles. The molecule has 1 aliphatic rings. The number of thiocarbonyl (C=S) groups is 1. The zero-order valence-corrected chi connectivity index (χ0v) is 11.5. The van der Waals surface area contributed by atoms with Gasteiger partial charge in [-0.1, -0.05) is 0 Å². The number of hydrogen-bond acceptors (Lipinski definition) is 2. The molecule has 1 aromatic heterocycles. The molecule has 1 aliphatic carbocycles. The third kappa shape index (κ3) is 2.97. The van der Waals surface area contributed by atoms with Gasteiger partial charge >= 0.3 is 0 Å². The van der Waals surface area contributed by atoms with Crippen molar-refractivity contribution >= 4 is 17.3 Å². The number of nitrogens with one attached hydrogen (secondary N) is 2. The minimum atomic E-state index is 0.607. The van der Waals surface area contributed by atoms with Crippen LogP contribution in [0.1, 0.15) is 36.7 Å². The first-order valence-electron chi connectivity index (χ1n) is 6.19. The smallest absolute Gasteiger partial charge is 0.166 e. The van der Waals surface area contributed by atoms with Gasteiger partial charge in [-0.25, -0.2) is 0 Å². The van der Waals surface area contributed by atoms with E-state index < -0.39 is 0 Å². The number of rotatable bonds is 4. The molecule has 0 saturated heterocycles. The van der Waals surface area contributed by atoms with Crippen LogP contribution in [-0.2, 0) is 13.1 Å². The molecule has 4 nitrogen and oxygen atoms in total. The van der Waals surface area contributed by atoms with E-state index in [-0.39, 0.29) is 0 Å². The fraction of sp³-hybridized carbons (Fsp3) is 0.667. The van der Waals surface area contributed by atoms with Crippen LogP contribution < -0.4 is 10.6 Å². The van der Waals surface area contributed by atoms with Crippen molar-refractivity contribution in [2.45, 2.75) is 52.7 Å². The van der Waals surface area contributed by atoms with Gasteiger partial charge in [-0.15, -0.1) is 0 Å². The van der Waals surface area contributed by atoms with E-state index in [4.69, 9.17) is 12.2 Å². The topological polar surface area (TPSA) is 41.9 Å². The molecule has 1 fully saturated rings. The Bertz CT molecular complexity index is 420. The lowest BCUT2D eigenvalue weighted by molar-refractivity contribution is 0.633. The Hall–Kier alpha value is -1.10. The fourth-order valence-electron chi connectivity index (χ4n) is 1.93. The quantitative estimate of drug-likeness (QED) is 0.800. The fourth-order valence-corrected chi connectivity index (χ4v) is 2.17. The van der Waals surface area contributed by atoms with E-state index in [0.717, 1.165) is 23.9 Å². The van der Waals surface area contributed by atoms with E-state index in [9.17, 15) is 0 Å². The lowest BCUT2D eigenvalue weighted by Gasteiger charge is -2.09. The maximum Gasteiger partial charge on any atom is 0.166 e. The molecular weight excluding hydrogens is 232 g/mol. The Kier molecular flexibility index (Phi) is 3.66. The summed E-state index contributed by atoms with van der Waals surface area (Å²) in [6, 6.07) is 0.607. The van der Waals surface area contributed by atoms with Gasteiger partial charge in [-0.3, -0.25) is 4.68 Å². The second-order valence-corrected chi connectivity index (χ2v) is 4.97. The minimum absolute atomic E-state index is 0.607. The monoisotopic (exact) mass is 252 g/mol. The molecule has 0 unspecified atom stereocenters. The second-order valence-electron chi connectivity index (χ2n) is 4.57. The van der Waals surface area contributed by atoms with Gasteiger partial charge in [0.25, 0.3) is 0 Å². The summed E-state index contributed by atoms with van der Waals surface area (Å²) in [7, 11) is 0. The molecule has 0 bridgehead atoms. The molecule has 0 spiro atoms.